The first-order valence-corrected chi connectivity index (χ1v) is 12.8. The predicted molar refractivity (Wildman–Crippen MR) is 147 cm³/mol. The fraction of sp³-hybridized carbons (Fsp3) is 0.296. The van der Waals surface area contributed by atoms with Crippen LogP contribution in [0.25, 0.3) is 32.7 Å². The molecule has 0 aliphatic carbocycles. The minimum Gasteiger partial charge on any atom is -0.463 e. The molecule has 0 saturated heterocycles. The van der Waals surface area contributed by atoms with Gasteiger partial charge in [-0.1, -0.05) is 16.7 Å². The number of benzene rings is 1. The Morgan fingerprint density at radius 1 is 1.15 bits per heavy atom. The molecule has 4 rings (SSSR count). The van der Waals surface area contributed by atoms with Crippen molar-refractivity contribution in [2.75, 3.05) is 18.5 Å². The van der Waals surface area contributed by atoms with Crippen LogP contribution >= 0.6 is 11.6 Å². The van der Waals surface area contributed by atoms with Gasteiger partial charge < -0.3 is 10.1 Å². The summed E-state index contributed by atoms with van der Waals surface area (Å²) in [6, 6.07) is 6.86. The number of rotatable bonds is 11. The normalized spacial score (nSPS) is 11.5. The summed E-state index contributed by atoms with van der Waals surface area (Å²) in [6.07, 6.45) is 5.13. The quantitative estimate of drug-likeness (QED) is 0.0876. The van der Waals surface area contributed by atoms with E-state index in [0.29, 0.717) is 35.7 Å². The van der Waals surface area contributed by atoms with Gasteiger partial charge in [-0.3, -0.25) is 0 Å². The van der Waals surface area contributed by atoms with E-state index in [0.717, 1.165) is 19.3 Å². The molecule has 0 bridgehead atoms. The Labute approximate surface area is 233 Å². The molecule has 10 nitrogen and oxygen atoms in total. The van der Waals surface area contributed by atoms with Gasteiger partial charge in [0, 0.05) is 41.0 Å². The monoisotopic (exact) mass is 563 g/mol. The van der Waals surface area contributed by atoms with Crippen molar-refractivity contribution in [1.82, 2.24) is 19.9 Å². The minimum atomic E-state index is -0.634. The number of unbranched alkanes of at least 4 members (excludes halogenated alkanes) is 2. The van der Waals surface area contributed by atoms with Crippen LogP contribution in [0.5, 0.6) is 6.01 Å². The van der Waals surface area contributed by atoms with Gasteiger partial charge in [-0.05, 0) is 56.8 Å². The van der Waals surface area contributed by atoms with E-state index in [4.69, 9.17) is 21.9 Å². The van der Waals surface area contributed by atoms with Crippen LogP contribution in [-0.2, 0) is 0 Å². The molecule has 0 unspecified atom stereocenters. The summed E-state index contributed by atoms with van der Waals surface area (Å²) in [6.45, 7) is 4.21. The molecule has 0 fully saturated rings. The molecular formula is C27H24ClF2N9O. The number of nitrogens with zero attached hydrogens (tertiary/aromatic N) is 8. The molecule has 1 aromatic carbocycles. The number of nitrogens with one attached hydrogen (secondary N) is 1. The van der Waals surface area contributed by atoms with E-state index >= 15 is 4.39 Å². The average molecular weight is 564 g/mol. The van der Waals surface area contributed by atoms with Gasteiger partial charge in [-0.15, -0.1) is 0 Å². The lowest BCUT2D eigenvalue weighted by molar-refractivity contribution is 0.282. The van der Waals surface area contributed by atoms with Gasteiger partial charge in [0.1, 0.15) is 17.0 Å². The molecule has 1 N–H and O–H groups in total. The summed E-state index contributed by atoms with van der Waals surface area (Å²) >= 11 is 6.59. The highest BCUT2D eigenvalue weighted by Gasteiger charge is 2.20. The van der Waals surface area contributed by atoms with Crippen molar-refractivity contribution in [2.45, 2.75) is 39.2 Å². The lowest BCUT2D eigenvalue weighted by atomic mass is 10.0. The number of aromatic nitrogens is 4. The summed E-state index contributed by atoms with van der Waals surface area (Å²) in [5, 5.41) is 16.1. The molecule has 1 atom stereocenters. The maximum Gasteiger partial charge on any atom is 0.316 e. The molecule has 3 aromatic heterocycles. The van der Waals surface area contributed by atoms with E-state index in [1.807, 2.05) is 6.07 Å². The van der Waals surface area contributed by atoms with Crippen molar-refractivity contribution in [3.05, 3.63) is 80.6 Å². The first-order chi connectivity index (χ1) is 19.3. The Hall–Kier alpha value is -4.59. The third-order valence-electron chi connectivity index (χ3n) is 6.07. The summed E-state index contributed by atoms with van der Waals surface area (Å²) in [7, 11) is 0. The number of hydrogen-bond acceptors (Lipinski definition) is 8. The average Bonchev–Trinajstić information content (AvgIpc) is 2.95. The lowest BCUT2D eigenvalue weighted by Gasteiger charge is -2.20. The van der Waals surface area contributed by atoms with Crippen LogP contribution in [0.3, 0.4) is 0 Å². The molecule has 0 aliphatic rings. The van der Waals surface area contributed by atoms with Crippen molar-refractivity contribution in [2.24, 2.45) is 5.11 Å². The van der Waals surface area contributed by atoms with Crippen LogP contribution in [0.2, 0.25) is 5.02 Å². The summed E-state index contributed by atoms with van der Waals surface area (Å²) in [4.78, 5) is 19.9. The van der Waals surface area contributed by atoms with Crippen molar-refractivity contribution in [1.29, 1.82) is 5.26 Å². The molecule has 3 heterocycles. The van der Waals surface area contributed by atoms with E-state index in [-0.39, 0.29) is 33.3 Å². The van der Waals surface area contributed by atoms with E-state index in [2.05, 4.69) is 35.3 Å². The second-order valence-electron chi connectivity index (χ2n) is 8.90. The van der Waals surface area contributed by atoms with Crippen LogP contribution in [-0.4, -0.2) is 33.1 Å². The molecule has 0 aliphatic heterocycles. The van der Waals surface area contributed by atoms with Crippen LogP contribution < -0.4 is 10.1 Å². The predicted octanol–water partition coefficient (Wildman–Crippen LogP) is 7.23. The third kappa shape index (κ3) is 6.51. The van der Waals surface area contributed by atoms with Gasteiger partial charge >= 0.3 is 6.01 Å². The van der Waals surface area contributed by atoms with E-state index < -0.39 is 17.7 Å². The number of nitriles is 1. The summed E-state index contributed by atoms with van der Waals surface area (Å²) < 4.78 is 35.3. The first kappa shape index (κ1) is 28.4. The molecule has 0 spiro atoms. The Bertz CT molecular complexity index is 1620. The van der Waals surface area contributed by atoms with Gasteiger partial charge in [-0.25, -0.2) is 28.7 Å². The number of anilines is 1. The molecule has 204 valence electrons. The minimum absolute atomic E-state index is 0.0211. The molecule has 4 aromatic rings. The highest BCUT2D eigenvalue weighted by Crippen LogP contribution is 2.36. The Balaban J connectivity index is 1.60. The van der Waals surface area contributed by atoms with Gasteiger partial charge in [0.15, 0.2) is 5.82 Å². The highest BCUT2D eigenvalue weighted by atomic mass is 35.5. The van der Waals surface area contributed by atoms with Gasteiger partial charge in [-0.2, -0.15) is 5.26 Å². The Morgan fingerprint density at radius 2 is 1.93 bits per heavy atom. The maximum absolute atomic E-state index is 15.2. The van der Waals surface area contributed by atoms with Crippen LogP contribution in [0.15, 0.2) is 41.8 Å². The first-order valence-electron chi connectivity index (χ1n) is 12.4. The zero-order chi connectivity index (χ0) is 28.6. The maximum atomic E-state index is 15.2. The largest absolute Gasteiger partial charge is 0.463 e. The second kappa shape index (κ2) is 13.0. The molecule has 13 heteroatoms. The number of aryl methyl sites for hydroxylation is 1. The number of pyridine rings is 2. The summed E-state index contributed by atoms with van der Waals surface area (Å²) in [5.74, 6) is -1.12. The lowest BCUT2D eigenvalue weighted by Crippen LogP contribution is -2.11. The van der Waals surface area contributed by atoms with E-state index in [1.165, 1.54) is 36.7 Å². The smallest absolute Gasteiger partial charge is 0.316 e. The second-order valence-corrected chi connectivity index (χ2v) is 9.28. The number of halogens is 3. The van der Waals surface area contributed by atoms with Crippen molar-refractivity contribution < 1.29 is 13.5 Å². The Morgan fingerprint density at radius 3 is 2.65 bits per heavy atom. The van der Waals surface area contributed by atoms with Crippen LogP contribution in [0, 0.1) is 29.9 Å². The Kier molecular flexibility index (Phi) is 9.22. The number of fused-ring (bicyclic) bond motifs is 1. The molecule has 40 heavy (non-hydrogen) atoms. The SMILES string of the molecule is Cc1nc2cc(F)c(-c3cnc(OCCCCCN=[N+]=[N-])nc3)nc2c(N[C@@H](C)c2cc(C#N)ccc2F)c1Cl. The van der Waals surface area contributed by atoms with E-state index in [1.54, 1.807) is 13.8 Å². The van der Waals surface area contributed by atoms with Crippen molar-refractivity contribution in [3.8, 4) is 23.3 Å². The van der Waals surface area contributed by atoms with Crippen molar-refractivity contribution >= 4 is 28.3 Å². The third-order valence-corrected chi connectivity index (χ3v) is 6.53. The fourth-order valence-corrected chi connectivity index (χ4v) is 4.21. The molecular weight excluding hydrogens is 540 g/mol. The van der Waals surface area contributed by atoms with E-state index in [9.17, 15) is 9.65 Å². The van der Waals surface area contributed by atoms with Crippen LogP contribution in [0.1, 0.15) is 49.0 Å². The highest BCUT2D eigenvalue weighted by molar-refractivity contribution is 6.35. The number of azide groups is 1. The molecule has 0 saturated carbocycles. The number of hydrogen-bond donors (Lipinski definition) is 1. The number of ether oxygens (including phenoxy) is 1. The molecule has 0 radical (unpaired) electrons. The zero-order valence-electron chi connectivity index (χ0n) is 21.7. The standard InChI is InChI=1S/C27H24ClF2N9O/c1-15(19-10-17(12-31)6-7-20(19)29)37-26-23(28)16(2)36-22-11-21(30)24(38-25(22)26)18-13-33-27(34-14-18)40-9-5-3-4-8-35-39-32/h6-7,10-11,13-15H,3-5,8-9H2,1-2H3,(H,36,37)/t15-/m0/s1. The van der Waals surface area contributed by atoms with Gasteiger partial charge in [0.25, 0.3) is 0 Å². The van der Waals surface area contributed by atoms with Gasteiger partial charge in [0.05, 0.1) is 46.2 Å². The topological polar surface area (TPSA) is 145 Å². The van der Waals surface area contributed by atoms with Gasteiger partial charge in [0.2, 0.25) is 0 Å². The van der Waals surface area contributed by atoms with Crippen LogP contribution in [0.4, 0.5) is 14.5 Å². The molecule has 0 amide bonds. The zero-order valence-corrected chi connectivity index (χ0v) is 22.5. The fourth-order valence-electron chi connectivity index (χ4n) is 4.02. The van der Waals surface area contributed by atoms with Crippen molar-refractivity contribution in [3.63, 3.8) is 0 Å². The summed E-state index contributed by atoms with van der Waals surface area (Å²) in [5.41, 5.74) is 10.5.